The van der Waals surface area contributed by atoms with E-state index in [1.807, 2.05) is 49.6 Å². The highest BCUT2D eigenvalue weighted by Crippen LogP contribution is 2.21. The van der Waals surface area contributed by atoms with Gasteiger partial charge >= 0.3 is 0 Å². The summed E-state index contributed by atoms with van der Waals surface area (Å²) in [5, 5.41) is 7.84. The van der Waals surface area contributed by atoms with E-state index in [-0.39, 0.29) is 23.6 Å². The fraction of sp³-hybridized carbons (Fsp3) is 0.231. The Morgan fingerprint density at radius 1 is 1.00 bits per heavy atom. The Morgan fingerprint density at radius 2 is 1.74 bits per heavy atom. The normalized spacial score (nSPS) is 12.3. The summed E-state index contributed by atoms with van der Waals surface area (Å²) in [6.45, 7) is 8.14. The third-order valence-corrected chi connectivity index (χ3v) is 6.10. The van der Waals surface area contributed by atoms with Crippen LogP contribution in [0.3, 0.4) is 0 Å². The minimum atomic E-state index is -0.308. The number of carbonyl (C=O) groups is 2. The molecule has 0 bridgehead atoms. The lowest BCUT2D eigenvalue weighted by atomic mass is 9.99. The van der Waals surface area contributed by atoms with E-state index in [2.05, 4.69) is 36.6 Å². The van der Waals surface area contributed by atoms with Crippen molar-refractivity contribution < 1.29 is 9.59 Å². The van der Waals surface area contributed by atoms with E-state index in [1.165, 1.54) is 22.5 Å². The third kappa shape index (κ3) is 5.92. The molecule has 2 aromatic carbocycles. The third-order valence-electron chi connectivity index (χ3n) is 5.28. The van der Waals surface area contributed by atoms with Crippen molar-refractivity contribution in [1.82, 2.24) is 10.6 Å². The molecule has 1 aromatic heterocycles. The molecule has 4 nitrogen and oxygen atoms in total. The molecule has 3 rings (SSSR count). The van der Waals surface area contributed by atoms with Gasteiger partial charge in [-0.2, -0.15) is 0 Å². The first-order valence-electron chi connectivity index (χ1n) is 10.4. The fourth-order valence-corrected chi connectivity index (χ4v) is 3.87. The van der Waals surface area contributed by atoms with Gasteiger partial charge in [0.15, 0.2) is 0 Å². The van der Waals surface area contributed by atoms with Crippen molar-refractivity contribution in [1.29, 1.82) is 0 Å². The minimum absolute atomic E-state index is 0.144. The standard InChI is InChI=1S/C26H28N2O2S/c1-5-23(21-13-10-18(3)19(4)15-21)27-26(30)24(16-22-7-6-14-31-22)28-25(29)20-11-8-17(2)9-12-20/h6-16,23H,5H2,1-4H3,(H,27,30)(H,28,29)/b24-16-/t23-/m1/s1. The molecule has 3 aromatic rings. The van der Waals surface area contributed by atoms with Gasteiger partial charge < -0.3 is 10.6 Å². The van der Waals surface area contributed by atoms with Crippen LogP contribution >= 0.6 is 11.3 Å². The first kappa shape index (κ1) is 22.5. The van der Waals surface area contributed by atoms with Gasteiger partial charge in [0.1, 0.15) is 5.70 Å². The predicted molar refractivity (Wildman–Crippen MR) is 128 cm³/mol. The average molecular weight is 433 g/mol. The van der Waals surface area contributed by atoms with Gasteiger partial charge in [-0.15, -0.1) is 11.3 Å². The molecule has 0 aliphatic heterocycles. The SMILES string of the molecule is CC[C@@H](NC(=O)/C(=C/c1cccs1)NC(=O)c1ccc(C)cc1)c1ccc(C)c(C)c1. The Labute approximate surface area is 188 Å². The molecule has 0 radical (unpaired) electrons. The van der Waals surface area contributed by atoms with Gasteiger partial charge in [-0.3, -0.25) is 9.59 Å². The lowest BCUT2D eigenvalue weighted by Gasteiger charge is -2.20. The highest BCUT2D eigenvalue weighted by Gasteiger charge is 2.19. The molecule has 0 aliphatic carbocycles. The quantitative estimate of drug-likeness (QED) is 0.470. The van der Waals surface area contributed by atoms with Crippen molar-refractivity contribution in [3.8, 4) is 0 Å². The summed E-state index contributed by atoms with van der Waals surface area (Å²) in [6, 6.07) is 17.2. The summed E-state index contributed by atoms with van der Waals surface area (Å²) in [7, 11) is 0. The number of hydrogen-bond donors (Lipinski definition) is 2. The van der Waals surface area contributed by atoms with Gasteiger partial charge in [0.05, 0.1) is 6.04 Å². The molecule has 1 heterocycles. The largest absolute Gasteiger partial charge is 0.344 e. The molecule has 0 saturated heterocycles. The second-order valence-corrected chi connectivity index (χ2v) is 8.65. The molecule has 31 heavy (non-hydrogen) atoms. The van der Waals surface area contributed by atoms with E-state index in [9.17, 15) is 9.59 Å². The van der Waals surface area contributed by atoms with Gasteiger partial charge in [-0.25, -0.2) is 0 Å². The molecule has 0 fully saturated rings. The second kappa shape index (κ2) is 10.2. The first-order chi connectivity index (χ1) is 14.9. The fourth-order valence-electron chi connectivity index (χ4n) is 3.21. The maximum atomic E-state index is 13.2. The summed E-state index contributed by atoms with van der Waals surface area (Å²) in [6.07, 6.45) is 2.46. The molecular weight excluding hydrogens is 404 g/mol. The topological polar surface area (TPSA) is 58.2 Å². The Bertz CT molecular complexity index is 1080. The van der Waals surface area contributed by atoms with Crippen LogP contribution in [-0.4, -0.2) is 11.8 Å². The zero-order valence-electron chi connectivity index (χ0n) is 18.4. The van der Waals surface area contributed by atoms with E-state index < -0.39 is 0 Å². The van der Waals surface area contributed by atoms with Crippen LogP contribution in [0, 0.1) is 20.8 Å². The molecule has 1 atom stereocenters. The smallest absolute Gasteiger partial charge is 0.268 e. The van der Waals surface area contributed by atoms with Crippen LogP contribution in [0.2, 0.25) is 0 Å². The Balaban J connectivity index is 1.84. The minimum Gasteiger partial charge on any atom is -0.344 e. The molecular formula is C26H28N2O2S. The molecule has 0 aliphatic rings. The number of carbonyl (C=O) groups excluding carboxylic acids is 2. The molecule has 0 spiro atoms. The molecule has 0 unspecified atom stereocenters. The zero-order chi connectivity index (χ0) is 22.4. The van der Waals surface area contributed by atoms with E-state index in [1.54, 1.807) is 18.2 Å². The molecule has 5 heteroatoms. The van der Waals surface area contributed by atoms with Gasteiger partial charge in [0.25, 0.3) is 11.8 Å². The summed E-state index contributed by atoms with van der Waals surface area (Å²) in [5.41, 5.74) is 5.27. The first-order valence-corrected chi connectivity index (χ1v) is 11.3. The van der Waals surface area contributed by atoms with Gasteiger partial charge in [0, 0.05) is 10.4 Å². The lowest BCUT2D eigenvalue weighted by molar-refractivity contribution is -0.118. The monoisotopic (exact) mass is 432 g/mol. The van der Waals surface area contributed by atoms with Crippen LogP contribution in [0.1, 0.15) is 56.9 Å². The highest BCUT2D eigenvalue weighted by atomic mass is 32.1. The lowest BCUT2D eigenvalue weighted by Crippen LogP contribution is -2.36. The van der Waals surface area contributed by atoms with Crippen molar-refractivity contribution >= 4 is 29.2 Å². The summed E-state index contributed by atoms with van der Waals surface area (Å²) in [4.78, 5) is 26.9. The zero-order valence-corrected chi connectivity index (χ0v) is 19.2. The van der Waals surface area contributed by atoms with Crippen LogP contribution in [0.5, 0.6) is 0 Å². The van der Waals surface area contributed by atoms with Crippen LogP contribution in [-0.2, 0) is 4.79 Å². The van der Waals surface area contributed by atoms with Crippen molar-refractivity contribution in [2.24, 2.45) is 0 Å². The van der Waals surface area contributed by atoms with E-state index >= 15 is 0 Å². The number of nitrogens with one attached hydrogen (secondary N) is 2. The number of benzene rings is 2. The Kier molecular flexibility index (Phi) is 7.42. The van der Waals surface area contributed by atoms with Crippen LogP contribution in [0.15, 0.2) is 65.7 Å². The number of aryl methyl sites for hydroxylation is 3. The van der Waals surface area contributed by atoms with E-state index in [0.29, 0.717) is 5.56 Å². The summed E-state index contributed by atoms with van der Waals surface area (Å²) >= 11 is 1.51. The number of amides is 2. The number of thiophene rings is 1. The average Bonchev–Trinajstić information content (AvgIpc) is 3.27. The van der Waals surface area contributed by atoms with E-state index in [0.717, 1.165) is 22.4 Å². The number of hydrogen-bond acceptors (Lipinski definition) is 3. The van der Waals surface area contributed by atoms with Crippen LogP contribution in [0.4, 0.5) is 0 Å². The molecule has 2 N–H and O–H groups in total. The van der Waals surface area contributed by atoms with Crippen molar-refractivity contribution in [3.63, 3.8) is 0 Å². The van der Waals surface area contributed by atoms with Crippen molar-refractivity contribution in [2.45, 2.75) is 40.2 Å². The molecule has 2 amide bonds. The second-order valence-electron chi connectivity index (χ2n) is 7.67. The van der Waals surface area contributed by atoms with Gasteiger partial charge in [-0.05, 0) is 73.5 Å². The Morgan fingerprint density at radius 3 is 2.35 bits per heavy atom. The van der Waals surface area contributed by atoms with Gasteiger partial charge in [-0.1, -0.05) is 48.9 Å². The van der Waals surface area contributed by atoms with Gasteiger partial charge in [0.2, 0.25) is 0 Å². The summed E-state index contributed by atoms with van der Waals surface area (Å²) in [5.74, 6) is -0.615. The summed E-state index contributed by atoms with van der Waals surface area (Å²) < 4.78 is 0. The number of rotatable bonds is 7. The predicted octanol–water partition coefficient (Wildman–Crippen LogP) is 5.71. The van der Waals surface area contributed by atoms with Crippen LogP contribution in [0.25, 0.3) is 6.08 Å². The van der Waals surface area contributed by atoms with E-state index in [4.69, 9.17) is 0 Å². The maximum Gasteiger partial charge on any atom is 0.268 e. The van der Waals surface area contributed by atoms with Crippen molar-refractivity contribution in [3.05, 3.63) is 98.4 Å². The van der Waals surface area contributed by atoms with Crippen molar-refractivity contribution in [2.75, 3.05) is 0 Å². The van der Waals surface area contributed by atoms with Crippen LogP contribution < -0.4 is 10.6 Å². The Hall–Kier alpha value is -3.18. The highest BCUT2D eigenvalue weighted by molar-refractivity contribution is 7.10. The molecule has 0 saturated carbocycles. The molecule has 160 valence electrons. The maximum absolute atomic E-state index is 13.2.